The Morgan fingerprint density at radius 1 is 1.00 bits per heavy atom. The number of aliphatic hydroxyl groups excluding tert-OH is 1. The Bertz CT molecular complexity index is 938. The molecule has 0 saturated carbocycles. The number of halogens is 2. The van der Waals surface area contributed by atoms with Gasteiger partial charge in [0, 0.05) is 22.2 Å². The minimum absolute atomic E-state index is 0.0736. The monoisotopic (exact) mass is 432 g/mol. The molecule has 1 aliphatic rings. The number of nitrogens with zero attached hydrogens (tertiary/aromatic N) is 2. The van der Waals surface area contributed by atoms with E-state index in [2.05, 4.69) is 0 Å². The minimum atomic E-state index is -0.692. The van der Waals surface area contributed by atoms with Gasteiger partial charge in [0.05, 0.1) is 11.6 Å². The third kappa shape index (κ3) is 4.64. The van der Waals surface area contributed by atoms with Crippen molar-refractivity contribution in [2.75, 3.05) is 27.2 Å². The zero-order chi connectivity index (χ0) is 21.1. The molecule has 1 saturated heterocycles. The molecule has 1 heterocycles. The van der Waals surface area contributed by atoms with Crippen molar-refractivity contribution in [3.63, 3.8) is 0 Å². The predicted molar refractivity (Wildman–Crippen MR) is 115 cm³/mol. The van der Waals surface area contributed by atoms with Crippen molar-refractivity contribution in [1.29, 1.82) is 0 Å². The van der Waals surface area contributed by atoms with Crippen molar-refractivity contribution in [2.24, 2.45) is 0 Å². The Morgan fingerprint density at radius 2 is 1.55 bits per heavy atom. The van der Waals surface area contributed by atoms with Crippen LogP contribution in [0.2, 0.25) is 10.0 Å². The highest BCUT2D eigenvalue weighted by Gasteiger charge is 2.45. The van der Waals surface area contributed by atoms with E-state index in [1.165, 1.54) is 4.90 Å². The van der Waals surface area contributed by atoms with Crippen LogP contribution in [-0.4, -0.2) is 53.8 Å². The molecule has 0 spiro atoms. The molecule has 0 radical (unpaired) electrons. The largest absolute Gasteiger partial charge is 0.507 e. The maximum absolute atomic E-state index is 12.9. The Morgan fingerprint density at radius 3 is 2.10 bits per heavy atom. The number of carbonyl (C=O) groups is 2. The Kier molecular flexibility index (Phi) is 6.63. The fraction of sp³-hybridized carbons (Fsp3) is 0.273. The zero-order valence-corrected chi connectivity index (χ0v) is 17.7. The second-order valence-electron chi connectivity index (χ2n) is 7.21. The van der Waals surface area contributed by atoms with Crippen LogP contribution in [0.25, 0.3) is 5.76 Å². The normalized spacial score (nSPS) is 18.7. The van der Waals surface area contributed by atoms with Gasteiger partial charge in [0.1, 0.15) is 5.76 Å². The summed E-state index contributed by atoms with van der Waals surface area (Å²) < 4.78 is 0. The van der Waals surface area contributed by atoms with Crippen molar-refractivity contribution in [3.05, 3.63) is 75.3 Å². The van der Waals surface area contributed by atoms with Crippen molar-refractivity contribution < 1.29 is 14.7 Å². The van der Waals surface area contributed by atoms with Gasteiger partial charge in [-0.2, -0.15) is 0 Å². The van der Waals surface area contributed by atoms with Gasteiger partial charge in [-0.25, -0.2) is 0 Å². The van der Waals surface area contributed by atoms with Crippen LogP contribution in [0.1, 0.15) is 23.6 Å². The maximum Gasteiger partial charge on any atom is 0.295 e. The Labute approximate surface area is 180 Å². The number of ketones is 1. The van der Waals surface area contributed by atoms with Gasteiger partial charge in [-0.15, -0.1) is 0 Å². The highest BCUT2D eigenvalue weighted by Crippen LogP contribution is 2.39. The van der Waals surface area contributed by atoms with E-state index in [1.54, 1.807) is 48.5 Å². The maximum atomic E-state index is 12.9. The lowest BCUT2D eigenvalue weighted by molar-refractivity contribution is -0.139. The van der Waals surface area contributed by atoms with Crippen LogP contribution in [0.15, 0.2) is 54.1 Å². The number of benzene rings is 2. The topological polar surface area (TPSA) is 60.9 Å². The highest BCUT2D eigenvalue weighted by atomic mass is 35.5. The molecule has 7 heteroatoms. The smallest absolute Gasteiger partial charge is 0.295 e. The number of amides is 1. The molecule has 0 aromatic heterocycles. The SMILES string of the molecule is CN(C)CCCN1C(=O)C(=O)/C(=C(/O)c2ccc(Cl)cc2)[C@H]1c1ccc(Cl)cc1. The molecule has 2 aromatic rings. The first kappa shape index (κ1) is 21.4. The lowest BCUT2D eigenvalue weighted by atomic mass is 9.95. The van der Waals surface area contributed by atoms with Gasteiger partial charge in [0.2, 0.25) is 0 Å². The van der Waals surface area contributed by atoms with Crippen molar-refractivity contribution in [1.82, 2.24) is 9.80 Å². The molecule has 3 rings (SSSR count). The fourth-order valence-corrected chi connectivity index (χ4v) is 3.67. The van der Waals surface area contributed by atoms with Crippen LogP contribution in [0.3, 0.4) is 0 Å². The molecule has 152 valence electrons. The van der Waals surface area contributed by atoms with Crippen LogP contribution >= 0.6 is 23.2 Å². The quantitative estimate of drug-likeness (QED) is 0.418. The molecule has 1 amide bonds. The number of Topliss-reactive ketones (excluding diaryl/α,β-unsaturated/α-hetero) is 1. The number of rotatable bonds is 6. The van der Waals surface area contributed by atoms with Crippen LogP contribution in [-0.2, 0) is 9.59 Å². The molecule has 2 aromatic carbocycles. The zero-order valence-electron chi connectivity index (χ0n) is 16.2. The number of hydrogen-bond donors (Lipinski definition) is 1. The van der Waals surface area contributed by atoms with Crippen molar-refractivity contribution >= 4 is 40.7 Å². The van der Waals surface area contributed by atoms with Crippen molar-refractivity contribution in [2.45, 2.75) is 12.5 Å². The van der Waals surface area contributed by atoms with Gasteiger partial charge in [-0.3, -0.25) is 9.59 Å². The van der Waals surface area contributed by atoms with E-state index < -0.39 is 17.7 Å². The lowest BCUT2D eigenvalue weighted by Gasteiger charge is -2.26. The summed E-state index contributed by atoms with van der Waals surface area (Å²) in [5.41, 5.74) is 1.22. The second kappa shape index (κ2) is 8.99. The summed E-state index contributed by atoms with van der Waals surface area (Å²) in [6.45, 7) is 1.17. The molecule has 0 unspecified atom stereocenters. The van der Waals surface area contributed by atoms with Crippen LogP contribution in [0, 0.1) is 0 Å². The standard InChI is InChI=1S/C22H22Cl2N2O3/c1-25(2)12-3-13-26-19(14-4-8-16(23)9-5-14)18(21(28)22(26)29)20(27)15-6-10-17(24)11-7-15/h4-11,19,27H,3,12-13H2,1-2H3/b20-18+/t19-/m1/s1. The van der Waals surface area contributed by atoms with Gasteiger partial charge < -0.3 is 14.9 Å². The number of aliphatic hydroxyl groups is 1. The Hall–Kier alpha value is -2.34. The second-order valence-corrected chi connectivity index (χ2v) is 8.08. The summed E-state index contributed by atoms with van der Waals surface area (Å²) in [4.78, 5) is 29.2. The summed E-state index contributed by atoms with van der Waals surface area (Å²) in [6.07, 6.45) is 0.700. The van der Waals surface area contributed by atoms with Crippen LogP contribution in [0.5, 0.6) is 0 Å². The molecular formula is C22H22Cl2N2O3. The average molecular weight is 433 g/mol. The molecule has 1 fully saturated rings. The number of likely N-dealkylation sites (tertiary alicyclic amines) is 1. The van der Waals surface area contributed by atoms with Gasteiger partial charge in [0.15, 0.2) is 0 Å². The van der Waals surface area contributed by atoms with E-state index in [1.807, 2.05) is 19.0 Å². The molecule has 5 nitrogen and oxygen atoms in total. The summed E-state index contributed by atoms with van der Waals surface area (Å²) in [7, 11) is 3.90. The summed E-state index contributed by atoms with van der Waals surface area (Å²) >= 11 is 11.9. The molecule has 1 N–H and O–H groups in total. The first-order valence-corrected chi connectivity index (χ1v) is 9.99. The summed E-state index contributed by atoms with van der Waals surface area (Å²) in [6, 6.07) is 12.8. The third-order valence-corrected chi connectivity index (χ3v) is 5.35. The summed E-state index contributed by atoms with van der Waals surface area (Å²) in [5, 5.41) is 12.0. The number of hydrogen-bond acceptors (Lipinski definition) is 4. The minimum Gasteiger partial charge on any atom is -0.507 e. The number of carbonyl (C=O) groups excluding carboxylic acids is 2. The van der Waals surface area contributed by atoms with E-state index in [9.17, 15) is 14.7 Å². The third-order valence-electron chi connectivity index (χ3n) is 4.85. The molecule has 1 aliphatic heterocycles. The van der Waals surface area contributed by atoms with E-state index in [0.717, 1.165) is 6.54 Å². The van der Waals surface area contributed by atoms with E-state index in [4.69, 9.17) is 23.2 Å². The van der Waals surface area contributed by atoms with Crippen LogP contribution in [0.4, 0.5) is 0 Å². The lowest BCUT2D eigenvalue weighted by Crippen LogP contribution is -2.32. The summed E-state index contributed by atoms with van der Waals surface area (Å²) in [5.74, 6) is -1.52. The first-order valence-electron chi connectivity index (χ1n) is 9.24. The predicted octanol–water partition coefficient (Wildman–Crippen LogP) is 4.37. The van der Waals surface area contributed by atoms with Crippen LogP contribution < -0.4 is 0 Å². The van der Waals surface area contributed by atoms with Gasteiger partial charge in [0.25, 0.3) is 11.7 Å². The Balaban J connectivity index is 2.07. The van der Waals surface area contributed by atoms with E-state index in [0.29, 0.717) is 34.1 Å². The van der Waals surface area contributed by atoms with E-state index in [-0.39, 0.29) is 11.3 Å². The van der Waals surface area contributed by atoms with E-state index >= 15 is 0 Å². The molecule has 0 aliphatic carbocycles. The molecule has 0 bridgehead atoms. The van der Waals surface area contributed by atoms with Crippen molar-refractivity contribution in [3.8, 4) is 0 Å². The average Bonchev–Trinajstić information content (AvgIpc) is 2.93. The van der Waals surface area contributed by atoms with Gasteiger partial charge in [-0.05, 0) is 69.0 Å². The fourth-order valence-electron chi connectivity index (χ4n) is 3.42. The molecule has 1 atom stereocenters. The highest BCUT2D eigenvalue weighted by molar-refractivity contribution is 6.46. The van der Waals surface area contributed by atoms with Gasteiger partial charge >= 0.3 is 0 Å². The first-order chi connectivity index (χ1) is 13.8. The molecule has 29 heavy (non-hydrogen) atoms. The van der Waals surface area contributed by atoms with Gasteiger partial charge in [-0.1, -0.05) is 35.3 Å². The molecular weight excluding hydrogens is 411 g/mol.